The highest BCUT2D eigenvalue weighted by atomic mass is 16.7. The first kappa shape index (κ1) is 21.6. The van der Waals surface area contributed by atoms with E-state index in [1.807, 2.05) is 36.4 Å². The first-order valence-electron chi connectivity index (χ1n) is 10.6. The molecule has 32 heavy (non-hydrogen) atoms. The summed E-state index contributed by atoms with van der Waals surface area (Å²) in [5.41, 5.74) is 1.92. The average Bonchev–Trinajstić information content (AvgIpc) is 3.15. The number of carbonyl (C=O) groups excluding carboxylic acids is 1. The number of nitrogens with zero attached hydrogens (tertiary/aromatic N) is 1. The third-order valence-corrected chi connectivity index (χ3v) is 4.97. The van der Waals surface area contributed by atoms with Gasteiger partial charge in [-0.2, -0.15) is 0 Å². The smallest absolute Gasteiger partial charge is 0.307 e. The minimum absolute atomic E-state index is 0.201. The quantitative estimate of drug-likeness (QED) is 0.384. The van der Waals surface area contributed by atoms with E-state index in [0.717, 1.165) is 41.3 Å². The van der Waals surface area contributed by atoms with Crippen LogP contribution in [0.4, 0.5) is 5.69 Å². The van der Waals surface area contributed by atoms with Gasteiger partial charge in [0.2, 0.25) is 6.79 Å². The number of carbonyl (C=O) groups is 1. The minimum Gasteiger partial charge on any atom is -0.490 e. The summed E-state index contributed by atoms with van der Waals surface area (Å²) < 4.78 is 27.0. The van der Waals surface area contributed by atoms with Crippen molar-refractivity contribution in [2.45, 2.75) is 19.3 Å². The van der Waals surface area contributed by atoms with E-state index in [9.17, 15) is 4.79 Å². The van der Waals surface area contributed by atoms with E-state index in [-0.39, 0.29) is 19.2 Å². The van der Waals surface area contributed by atoms with Crippen LogP contribution >= 0.6 is 0 Å². The van der Waals surface area contributed by atoms with Crippen LogP contribution in [0.15, 0.2) is 41.4 Å². The second-order valence-corrected chi connectivity index (χ2v) is 7.26. The van der Waals surface area contributed by atoms with Crippen LogP contribution in [0.1, 0.15) is 18.4 Å². The maximum Gasteiger partial charge on any atom is 0.307 e. The van der Waals surface area contributed by atoms with Gasteiger partial charge in [0.25, 0.3) is 0 Å². The molecule has 0 fully saturated rings. The molecule has 2 aromatic carbocycles. The third-order valence-electron chi connectivity index (χ3n) is 4.97. The van der Waals surface area contributed by atoms with Gasteiger partial charge in [0.15, 0.2) is 29.0 Å². The lowest BCUT2D eigenvalue weighted by Crippen LogP contribution is -2.32. The van der Waals surface area contributed by atoms with Gasteiger partial charge in [0, 0.05) is 24.7 Å². The molecule has 0 radical (unpaired) electrons. The van der Waals surface area contributed by atoms with E-state index in [4.69, 9.17) is 23.7 Å². The summed E-state index contributed by atoms with van der Waals surface area (Å²) in [4.78, 5) is 16.0. The summed E-state index contributed by atoms with van der Waals surface area (Å²) in [6.07, 6.45) is 1.81. The van der Waals surface area contributed by atoms with Crippen LogP contribution in [0.3, 0.4) is 0 Å². The van der Waals surface area contributed by atoms with Gasteiger partial charge >= 0.3 is 5.97 Å². The van der Waals surface area contributed by atoms with E-state index in [0.29, 0.717) is 38.0 Å². The number of fused-ring (bicyclic) bond motifs is 2. The van der Waals surface area contributed by atoms with Gasteiger partial charge in [-0.3, -0.25) is 9.79 Å². The standard InChI is InChI=1S/C23H27N3O6/c1-28-22(27)8-10-25-23(24-9-7-16-3-5-19-20(13-16)32-15-31-19)26-17-4-6-18-21(14-17)30-12-2-11-29-18/h3-6,13-14H,2,7-12,15H2,1H3,(H2,24,25,26). The first-order valence-corrected chi connectivity index (χ1v) is 10.6. The Balaban J connectivity index is 1.39. The van der Waals surface area contributed by atoms with Gasteiger partial charge in [0.1, 0.15) is 0 Å². The molecule has 170 valence electrons. The molecule has 0 spiro atoms. The molecular weight excluding hydrogens is 414 g/mol. The Labute approximate surface area is 186 Å². The van der Waals surface area contributed by atoms with E-state index in [1.165, 1.54) is 7.11 Å². The lowest BCUT2D eigenvalue weighted by molar-refractivity contribution is -0.140. The van der Waals surface area contributed by atoms with E-state index in [1.54, 1.807) is 0 Å². The van der Waals surface area contributed by atoms with Crippen LogP contribution in [0.25, 0.3) is 0 Å². The Morgan fingerprint density at radius 3 is 2.62 bits per heavy atom. The van der Waals surface area contributed by atoms with Gasteiger partial charge < -0.3 is 34.3 Å². The fraction of sp³-hybridized carbons (Fsp3) is 0.391. The second-order valence-electron chi connectivity index (χ2n) is 7.26. The van der Waals surface area contributed by atoms with Crippen molar-refractivity contribution in [1.82, 2.24) is 5.32 Å². The van der Waals surface area contributed by atoms with Crippen molar-refractivity contribution in [3.05, 3.63) is 42.0 Å². The zero-order chi connectivity index (χ0) is 22.2. The first-order chi connectivity index (χ1) is 15.7. The summed E-state index contributed by atoms with van der Waals surface area (Å²) in [6.45, 7) is 2.45. The molecule has 0 saturated carbocycles. The Morgan fingerprint density at radius 2 is 1.75 bits per heavy atom. The van der Waals surface area contributed by atoms with Crippen LogP contribution in [-0.4, -0.2) is 52.1 Å². The normalized spacial score (nSPS) is 14.5. The zero-order valence-corrected chi connectivity index (χ0v) is 18.0. The molecule has 4 rings (SSSR count). The highest BCUT2D eigenvalue weighted by Crippen LogP contribution is 2.33. The van der Waals surface area contributed by atoms with Crippen molar-refractivity contribution in [1.29, 1.82) is 0 Å². The molecule has 0 saturated heterocycles. The van der Waals surface area contributed by atoms with Crippen molar-refractivity contribution >= 4 is 17.6 Å². The predicted molar refractivity (Wildman–Crippen MR) is 119 cm³/mol. The number of ether oxygens (including phenoxy) is 5. The molecule has 2 aliphatic heterocycles. The Morgan fingerprint density at radius 1 is 1.00 bits per heavy atom. The molecular formula is C23H27N3O6. The molecule has 0 bridgehead atoms. The third kappa shape index (κ3) is 5.75. The number of guanidine groups is 1. The lowest BCUT2D eigenvalue weighted by atomic mass is 10.1. The number of esters is 1. The summed E-state index contributed by atoms with van der Waals surface area (Å²) in [5.74, 6) is 3.21. The van der Waals surface area contributed by atoms with Crippen LogP contribution in [-0.2, 0) is 16.0 Å². The Kier molecular flexibility index (Phi) is 7.16. The highest BCUT2D eigenvalue weighted by molar-refractivity contribution is 5.94. The summed E-state index contributed by atoms with van der Waals surface area (Å²) in [7, 11) is 1.37. The van der Waals surface area contributed by atoms with Gasteiger partial charge in [-0.15, -0.1) is 0 Å². The largest absolute Gasteiger partial charge is 0.490 e. The molecule has 2 N–H and O–H groups in total. The van der Waals surface area contributed by atoms with Crippen LogP contribution < -0.4 is 29.6 Å². The van der Waals surface area contributed by atoms with Gasteiger partial charge in [-0.05, 0) is 36.2 Å². The molecule has 0 unspecified atom stereocenters. The zero-order valence-electron chi connectivity index (χ0n) is 18.0. The number of hydrogen-bond acceptors (Lipinski definition) is 7. The molecule has 2 aliphatic rings. The summed E-state index contributed by atoms with van der Waals surface area (Å²) in [6, 6.07) is 11.6. The lowest BCUT2D eigenvalue weighted by Gasteiger charge is -2.15. The monoisotopic (exact) mass is 441 g/mol. The molecule has 0 atom stereocenters. The van der Waals surface area contributed by atoms with Crippen LogP contribution in [0.2, 0.25) is 0 Å². The van der Waals surface area contributed by atoms with Gasteiger partial charge in [-0.1, -0.05) is 6.07 Å². The van der Waals surface area contributed by atoms with Crippen LogP contribution in [0, 0.1) is 0 Å². The van der Waals surface area contributed by atoms with E-state index < -0.39 is 0 Å². The molecule has 0 aromatic heterocycles. The van der Waals surface area contributed by atoms with Crippen molar-refractivity contribution in [3.8, 4) is 23.0 Å². The number of anilines is 1. The second kappa shape index (κ2) is 10.6. The number of rotatable bonds is 7. The summed E-state index contributed by atoms with van der Waals surface area (Å²) in [5, 5.41) is 6.59. The predicted octanol–water partition coefficient (Wildman–Crippen LogP) is 2.74. The maximum absolute atomic E-state index is 11.5. The summed E-state index contributed by atoms with van der Waals surface area (Å²) >= 11 is 0. The van der Waals surface area contributed by atoms with Crippen LogP contribution in [0.5, 0.6) is 23.0 Å². The van der Waals surface area contributed by atoms with E-state index in [2.05, 4.69) is 15.6 Å². The topological polar surface area (TPSA) is 99.6 Å². The average molecular weight is 441 g/mol. The SMILES string of the molecule is COC(=O)CCN=C(NCCc1ccc2c(c1)OCO2)Nc1ccc2c(c1)OCCCO2. The number of nitrogens with one attached hydrogen (secondary N) is 2. The van der Waals surface area contributed by atoms with E-state index >= 15 is 0 Å². The molecule has 2 heterocycles. The Bertz CT molecular complexity index is 978. The maximum atomic E-state index is 11.5. The highest BCUT2D eigenvalue weighted by Gasteiger charge is 2.14. The molecule has 2 aromatic rings. The Hall–Kier alpha value is -3.62. The molecule has 0 amide bonds. The number of hydrogen-bond donors (Lipinski definition) is 2. The molecule has 0 aliphatic carbocycles. The number of methoxy groups -OCH3 is 1. The van der Waals surface area contributed by atoms with Crippen molar-refractivity contribution < 1.29 is 28.5 Å². The number of aliphatic imine (C=N–C) groups is 1. The number of benzene rings is 2. The molecule has 9 heteroatoms. The van der Waals surface area contributed by atoms with Crippen molar-refractivity contribution in [2.75, 3.05) is 45.5 Å². The minimum atomic E-state index is -0.302. The van der Waals surface area contributed by atoms with Gasteiger partial charge in [-0.25, -0.2) is 0 Å². The molecule has 9 nitrogen and oxygen atoms in total. The van der Waals surface area contributed by atoms with Crippen molar-refractivity contribution in [2.24, 2.45) is 4.99 Å². The van der Waals surface area contributed by atoms with Crippen molar-refractivity contribution in [3.63, 3.8) is 0 Å². The fourth-order valence-electron chi connectivity index (χ4n) is 3.30. The van der Waals surface area contributed by atoms with Gasteiger partial charge in [0.05, 0.1) is 33.3 Å². The fourth-order valence-corrected chi connectivity index (χ4v) is 3.30.